The van der Waals surface area contributed by atoms with Crippen molar-refractivity contribution in [3.05, 3.63) is 58.5 Å². The summed E-state index contributed by atoms with van der Waals surface area (Å²) in [6.07, 6.45) is 2.78. The van der Waals surface area contributed by atoms with Gasteiger partial charge in [0.25, 0.3) is 11.5 Å². The fourth-order valence-electron chi connectivity index (χ4n) is 3.57. The van der Waals surface area contributed by atoms with E-state index in [1.807, 2.05) is 4.90 Å². The number of likely N-dealkylation sites (tertiary alicyclic amines) is 1. The third-order valence-corrected chi connectivity index (χ3v) is 4.66. The second-order valence-electron chi connectivity index (χ2n) is 6.98. The molecule has 0 bridgehead atoms. The fourth-order valence-corrected chi connectivity index (χ4v) is 3.57. The molecule has 2 atom stereocenters. The highest BCUT2D eigenvalue weighted by Gasteiger charge is 2.26. The van der Waals surface area contributed by atoms with Crippen molar-refractivity contribution in [1.29, 1.82) is 0 Å². The molecule has 1 fully saturated rings. The van der Waals surface area contributed by atoms with Gasteiger partial charge in [-0.15, -0.1) is 0 Å². The number of carbonyl (C=O) groups is 1. The first-order chi connectivity index (χ1) is 12.0. The first kappa shape index (κ1) is 17.3. The molecule has 1 saturated heterocycles. The molecule has 1 aliphatic heterocycles. The Kier molecular flexibility index (Phi) is 4.93. The predicted octanol–water partition coefficient (Wildman–Crippen LogP) is 2.96. The van der Waals surface area contributed by atoms with Crippen molar-refractivity contribution in [2.24, 2.45) is 11.8 Å². The number of nitrogens with zero attached hydrogens (tertiary/aromatic N) is 2. The predicted molar refractivity (Wildman–Crippen MR) is 97.4 cm³/mol. The minimum Gasteiger partial charge on any atom is -0.497 e. The average Bonchev–Trinajstić information content (AvgIpc) is 2.61. The fraction of sp³-hybridized carbons (Fsp3) is 0.400. The van der Waals surface area contributed by atoms with Gasteiger partial charge >= 0.3 is 0 Å². The van der Waals surface area contributed by atoms with E-state index < -0.39 is 0 Å². The number of methoxy groups -OCH3 is 1. The smallest absolute Gasteiger partial charge is 0.255 e. The van der Waals surface area contributed by atoms with Crippen LogP contribution in [0.3, 0.4) is 0 Å². The van der Waals surface area contributed by atoms with E-state index in [0.717, 1.165) is 25.3 Å². The quantitative estimate of drug-likeness (QED) is 0.863. The van der Waals surface area contributed by atoms with E-state index in [-0.39, 0.29) is 11.5 Å². The normalized spacial score (nSPS) is 20.4. The number of benzene rings is 1. The van der Waals surface area contributed by atoms with E-state index in [0.29, 0.717) is 23.1 Å². The van der Waals surface area contributed by atoms with Crippen LogP contribution in [-0.2, 0) is 0 Å². The van der Waals surface area contributed by atoms with Crippen molar-refractivity contribution in [2.45, 2.75) is 20.3 Å². The van der Waals surface area contributed by atoms with Crippen LogP contribution in [0.1, 0.15) is 30.6 Å². The number of hydrogen-bond acceptors (Lipinski definition) is 3. The van der Waals surface area contributed by atoms with Crippen molar-refractivity contribution < 1.29 is 9.53 Å². The number of rotatable bonds is 3. The lowest BCUT2D eigenvalue weighted by molar-refractivity contribution is 0.0622. The monoisotopic (exact) mass is 340 g/mol. The molecule has 0 aliphatic carbocycles. The number of ether oxygens (including phenoxy) is 1. The number of hydrogen-bond donors (Lipinski definition) is 0. The molecule has 2 aromatic rings. The summed E-state index contributed by atoms with van der Waals surface area (Å²) in [6, 6.07) is 10.3. The molecule has 0 radical (unpaired) electrons. The zero-order chi connectivity index (χ0) is 18.0. The van der Waals surface area contributed by atoms with E-state index in [4.69, 9.17) is 4.74 Å². The van der Waals surface area contributed by atoms with Crippen LogP contribution in [0.15, 0.2) is 47.4 Å². The molecule has 5 nitrogen and oxygen atoms in total. The summed E-state index contributed by atoms with van der Waals surface area (Å²) < 4.78 is 6.65. The van der Waals surface area contributed by atoms with Gasteiger partial charge in [0, 0.05) is 31.0 Å². The molecule has 5 heteroatoms. The molecule has 25 heavy (non-hydrogen) atoms. The SMILES string of the molecule is COc1ccc(-n2cc(C(=O)N3C[C@H](C)C[C@@H](C)C3)ccc2=O)cc1. The summed E-state index contributed by atoms with van der Waals surface area (Å²) in [5.74, 6) is 1.71. The van der Waals surface area contributed by atoms with E-state index in [1.165, 1.54) is 10.6 Å². The van der Waals surface area contributed by atoms with Crippen LogP contribution in [-0.4, -0.2) is 35.6 Å². The van der Waals surface area contributed by atoms with Gasteiger partial charge in [-0.3, -0.25) is 14.2 Å². The number of carbonyl (C=O) groups excluding carboxylic acids is 1. The summed E-state index contributed by atoms with van der Waals surface area (Å²) in [5, 5.41) is 0. The van der Waals surface area contributed by atoms with Gasteiger partial charge in [-0.25, -0.2) is 0 Å². The molecular weight excluding hydrogens is 316 g/mol. The summed E-state index contributed by atoms with van der Waals surface area (Å²) in [4.78, 5) is 27.0. The second-order valence-corrected chi connectivity index (χ2v) is 6.98. The lowest BCUT2D eigenvalue weighted by atomic mass is 9.91. The first-order valence-corrected chi connectivity index (χ1v) is 8.64. The van der Waals surface area contributed by atoms with Gasteiger partial charge in [-0.1, -0.05) is 13.8 Å². The minimum absolute atomic E-state index is 0.0133. The van der Waals surface area contributed by atoms with Crippen LogP contribution in [0.5, 0.6) is 5.75 Å². The van der Waals surface area contributed by atoms with Crippen molar-refractivity contribution in [1.82, 2.24) is 9.47 Å². The lowest BCUT2D eigenvalue weighted by Gasteiger charge is -2.35. The van der Waals surface area contributed by atoms with Gasteiger partial charge in [-0.05, 0) is 48.6 Å². The molecule has 0 saturated carbocycles. The van der Waals surface area contributed by atoms with Crippen molar-refractivity contribution >= 4 is 5.91 Å². The van der Waals surface area contributed by atoms with Gasteiger partial charge < -0.3 is 9.64 Å². The van der Waals surface area contributed by atoms with Crippen LogP contribution in [0.4, 0.5) is 0 Å². The van der Waals surface area contributed by atoms with Gasteiger partial charge in [0.05, 0.1) is 12.7 Å². The standard InChI is InChI=1S/C20H24N2O3/c1-14-10-15(2)12-21(11-14)20(24)16-4-9-19(23)22(13-16)17-5-7-18(25-3)8-6-17/h4-9,13-15H,10-12H2,1-3H3/t14-,15-/m1/s1. The maximum Gasteiger partial charge on any atom is 0.255 e. The van der Waals surface area contributed by atoms with Gasteiger partial charge in [0.1, 0.15) is 5.75 Å². The topological polar surface area (TPSA) is 51.5 Å². The van der Waals surface area contributed by atoms with E-state index in [2.05, 4.69) is 13.8 Å². The highest BCUT2D eigenvalue weighted by molar-refractivity contribution is 5.94. The second kappa shape index (κ2) is 7.13. The Hall–Kier alpha value is -2.56. The molecule has 1 aliphatic rings. The third-order valence-electron chi connectivity index (χ3n) is 4.66. The molecule has 0 spiro atoms. The molecule has 1 aromatic heterocycles. The van der Waals surface area contributed by atoms with Crippen molar-refractivity contribution in [3.8, 4) is 11.4 Å². The zero-order valence-corrected chi connectivity index (χ0v) is 14.9. The maximum absolute atomic E-state index is 12.9. The van der Waals surface area contributed by atoms with Crippen LogP contribution in [0.25, 0.3) is 5.69 Å². The molecule has 0 unspecified atom stereocenters. The van der Waals surface area contributed by atoms with Gasteiger partial charge in [0.15, 0.2) is 0 Å². The Bertz CT molecular complexity index is 800. The first-order valence-electron chi connectivity index (χ1n) is 8.64. The summed E-state index contributed by atoms with van der Waals surface area (Å²) in [5.41, 5.74) is 1.08. The largest absolute Gasteiger partial charge is 0.497 e. The number of amides is 1. The van der Waals surface area contributed by atoms with Crippen LogP contribution < -0.4 is 10.3 Å². The molecule has 2 heterocycles. The maximum atomic E-state index is 12.9. The lowest BCUT2D eigenvalue weighted by Crippen LogP contribution is -2.42. The van der Waals surface area contributed by atoms with E-state index in [9.17, 15) is 9.59 Å². The Labute approximate surface area is 147 Å². The Morgan fingerprint density at radius 3 is 2.28 bits per heavy atom. The number of pyridine rings is 1. The Balaban J connectivity index is 1.90. The van der Waals surface area contributed by atoms with E-state index in [1.54, 1.807) is 43.6 Å². The Morgan fingerprint density at radius 1 is 1.04 bits per heavy atom. The Morgan fingerprint density at radius 2 is 1.68 bits per heavy atom. The molecule has 3 rings (SSSR count). The molecule has 132 valence electrons. The van der Waals surface area contributed by atoms with Crippen LogP contribution in [0.2, 0.25) is 0 Å². The zero-order valence-electron chi connectivity index (χ0n) is 14.9. The van der Waals surface area contributed by atoms with E-state index >= 15 is 0 Å². The number of aromatic nitrogens is 1. The van der Waals surface area contributed by atoms with Crippen molar-refractivity contribution in [3.63, 3.8) is 0 Å². The summed E-state index contributed by atoms with van der Waals surface area (Å²) in [6.45, 7) is 5.89. The van der Waals surface area contributed by atoms with Crippen molar-refractivity contribution in [2.75, 3.05) is 20.2 Å². The summed E-state index contributed by atoms with van der Waals surface area (Å²) in [7, 11) is 1.60. The minimum atomic E-state index is -0.165. The van der Waals surface area contributed by atoms with Crippen LogP contribution in [0, 0.1) is 11.8 Å². The molecule has 1 aromatic carbocycles. The highest BCUT2D eigenvalue weighted by Crippen LogP contribution is 2.22. The number of piperidine rings is 1. The molecule has 0 N–H and O–H groups in total. The third kappa shape index (κ3) is 3.76. The summed E-state index contributed by atoms with van der Waals surface area (Å²) >= 11 is 0. The highest BCUT2D eigenvalue weighted by atomic mass is 16.5. The molecule has 1 amide bonds. The van der Waals surface area contributed by atoms with Crippen LogP contribution >= 0.6 is 0 Å². The van der Waals surface area contributed by atoms with Gasteiger partial charge in [-0.2, -0.15) is 0 Å². The van der Waals surface area contributed by atoms with Gasteiger partial charge in [0.2, 0.25) is 0 Å². The molecular formula is C20H24N2O3. The average molecular weight is 340 g/mol.